The Bertz CT molecular complexity index is 454. The zero-order valence-corrected chi connectivity index (χ0v) is 14.1. The van der Waals surface area contributed by atoms with Crippen molar-refractivity contribution < 1.29 is 13.9 Å². The molecule has 1 atom stereocenters. The highest BCUT2D eigenvalue weighted by Crippen LogP contribution is 2.21. The minimum atomic E-state index is -0.504. The molecule has 0 heterocycles. The molecule has 1 amide bonds. The molecular weight excluding hydrogens is 289 g/mol. The number of hydrogen-bond donors (Lipinski definition) is 1. The third-order valence-corrected chi connectivity index (χ3v) is 3.88. The van der Waals surface area contributed by atoms with E-state index in [4.69, 9.17) is 4.74 Å². The van der Waals surface area contributed by atoms with Gasteiger partial charge in [-0.15, -0.1) is 11.8 Å². The minimum absolute atomic E-state index is 0.00472. The number of alkyl carbamates (subject to hydrolysis) is 1. The third-order valence-electron chi connectivity index (χ3n) is 2.75. The van der Waals surface area contributed by atoms with Crippen molar-refractivity contribution in [3.8, 4) is 0 Å². The fourth-order valence-electron chi connectivity index (χ4n) is 1.58. The molecular formula is C16H24FNO2S. The molecule has 0 aliphatic rings. The van der Waals surface area contributed by atoms with E-state index in [0.717, 1.165) is 4.90 Å². The molecule has 118 valence electrons. The van der Waals surface area contributed by atoms with E-state index in [1.54, 1.807) is 23.9 Å². The van der Waals surface area contributed by atoms with Crippen LogP contribution in [0.15, 0.2) is 29.2 Å². The molecule has 1 aromatic rings. The molecule has 0 saturated heterocycles. The SMILES string of the molecule is CC(C)[C@@H](CSc1ccc(F)cc1)NC(=O)OC(C)(C)C. The maximum atomic E-state index is 12.9. The van der Waals surface area contributed by atoms with Gasteiger partial charge in [-0.1, -0.05) is 13.8 Å². The second-order valence-electron chi connectivity index (χ2n) is 6.26. The van der Waals surface area contributed by atoms with Gasteiger partial charge in [-0.2, -0.15) is 0 Å². The Morgan fingerprint density at radius 1 is 1.29 bits per heavy atom. The molecule has 21 heavy (non-hydrogen) atoms. The summed E-state index contributed by atoms with van der Waals surface area (Å²) in [5.74, 6) is 0.750. The number of ether oxygens (including phenoxy) is 1. The van der Waals surface area contributed by atoms with Gasteiger partial charge in [0.05, 0.1) is 0 Å². The molecule has 0 saturated carbocycles. The van der Waals surface area contributed by atoms with Crippen molar-refractivity contribution in [2.75, 3.05) is 5.75 Å². The number of halogens is 1. The Labute approximate surface area is 130 Å². The molecule has 0 unspecified atom stereocenters. The molecule has 3 nitrogen and oxygen atoms in total. The van der Waals surface area contributed by atoms with Crippen molar-refractivity contribution in [2.45, 2.75) is 51.2 Å². The molecule has 0 fully saturated rings. The van der Waals surface area contributed by atoms with E-state index in [-0.39, 0.29) is 17.8 Å². The van der Waals surface area contributed by atoms with Gasteiger partial charge < -0.3 is 10.1 Å². The number of rotatable bonds is 5. The maximum Gasteiger partial charge on any atom is 0.407 e. The standard InChI is InChI=1S/C16H24FNO2S/c1-11(2)14(18-15(19)20-16(3,4)5)10-21-13-8-6-12(17)7-9-13/h6-9,11,14H,10H2,1-5H3,(H,18,19)/t14-/m1/s1. The van der Waals surface area contributed by atoms with Crippen molar-refractivity contribution in [2.24, 2.45) is 5.92 Å². The first-order valence-electron chi connectivity index (χ1n) is 7.05. The van der Waals surface area contributed by atoms with E-state index in [1.807, 2.05) is 34.6 Å². The lowest BCUT2D eigenvalue weighted by Gasteiger charge is -2.25. The number of hydrogen-bond acceptors (Lipinski definition) is 3. The number of amides is 1. The molecule has 1 aromatic carbocycles. The van der Waals surface area contributed by atoms with Crippen LogP contribution in [0.5, 0.6) is 0 Å². The Morgan fingerprint density at radius 2 is 1.86 bits per heavy atom. The van der Waals surface area contributed by atoms with Crippen LogP contribution in [-0.4, -0.2) is 23.5 Å². The molecule has 0 bridgehead atoms. The van der Waals surface area contributed by atoms with Crippen LogP contribution in [0.1, 0.15) is 34.6 Å². The van der Waals surface area contributed by atoms with Gasteiger partial charge in [0, 0.05) is 16.7 Å². The van der Waals surface area contributed by atoms with Gasteiger partial charge in [-0.3, -0.25) is 0 Å². The van der Waals surface area contributed by atoms with E-state index in [1.165, 1.54) is 12.1 Å². The zero-order chi connectivity index (χ0) is 16.0. The minimum Gasteiger partial charge on any atom is -0.444 e. The van der Waals surface area contributed by atoms with Gasteiger partial charge in [0.25, 0.3) is 0 Å². The lowest BCUT2D eigenvalue weighted by molar-refractivity contribution is 0.0497. The average Bonchev–Trinajstić information content (AvgIpc) is 2.33. The maximum absolute atomic E-state index is 12.9. The van der Waals surface area contributed by atoms with E-state index in [2.05, 4.69) is 5.32 Å². The zero-order valence-electron chi connectivity index (χ0n) is 13.3. The Morgan fingerprint density at radius 3 is 2.33 bits per heavy atom. The smallest absolute Gasteiger partial charge is 0.407 e. The number of carbonyl (C=O) groups is 1. The molecule has 0 aromatic heterocycles. The number of thioether (sulfide) groups is 1. The lowest BCUT2D eigenvalue weighted by Crippen LogP contribution is -2.43. The normalized spacial score (nSPS) is 13.1. The highest BCUT2D eigenvalue weighted by molar-refractivity contribution is 7.99. The highest BCUT2D eigenvalue weighted by Gasteiger charge is 2.21. The van der Waals surface area contributed by atoms with Gasteiger partial charge in [0.15, 0.2) is 0 Å². The monoisotopic (exact) mass is 313 g/mol. The van der Waals surface area contributed by atoms with Crippen molar-refractivity contribution in [1.82, 2.24) is 5.32 Å². The van der Waals surface area contributed by atoms with Crippen LogP contribution in [0.3, 0.4) is 0 Å². The summed E-state index contributed by atoms with van der Waals surface area (Å²) in [6, 6.07) is 6.35. The summed E-state index contributed by atoms with van der Waals surface area (Å²) in [5, 5.41) is 2.90. The number of carbonyl (C=O) groups excluding carboxylic acids is 1. The van der Waals surface area contributed by atoms with Gasteiger partial charge in [0.2, 0.25) is 0 Å². The predicted molar refractivity (Wildman–Crippen MR) is 85.1 cm³/mol. The van der Waals surface area contributed by atoms with Crippen LogP contribution in [-0.2, 0) is 4.74 Å². The molecule has 1 N–H and O–H groups in total. The van der Waals surface area contributed by atoms with Gasteiger partial charge >= 0.3 is 6.09 Å². The van der Waals surface area contributed by atoms with E-state index in [0.29, 0.717) is 5.75 Å². The number of benzene rings is 1. The van der Waals surface area contributed by atoms with E-state index in [9.17, 15) is 9.18 Å². The Hall–Kier alpha value is -1.23. The van der Waals surface area contributed by atoms with Crippen molar-refractivity contribution in [3.63, 3.8) is 0 Å². The number of nitrogens with one attached hydrogen (secondary N) is 1. The van der Waals surface area contributed by atoms with Gasteiger partial charge in [-0.05, 0) is 51.0 Å². The van der Waals surface area contributed by atoms with Crippen LogP contribution >= 0.6 is 11.8 Å². The van der Waals surface area contributed by atoms with E-state index < -0.39 is 11.7 Å². The topological polar surface area (TPSA) is 38.3 Å². The summed E-state index contributed by atoms with van der Waals surface area (Å²) in [4.78, 5) is 12.8. The van der Waals surface area contributed by atoms with Gasteiger partial charge in [0.1, 0.15) is 11.4 Å². The summed E-state index contributed by atoms with van der Waals surface area (Å²) in [5.41, 5.74) is -0.504. The summed E-state index contributed by atoms with van der Waals surface area (Å²) in [6.07, 6.45) is -0.402. The van der Waals surface area contributed by atoms with Crippen molar-refractivity contribution in [1.29, 1.82) is 0 Å². The predicted octanol–water partition coefficient (Wildman–Crippen LogP) is 4.47. The van der Waals surface area contributed by atoms with Crippen LogP contribution < -0.4 is 5.32 Å². The fourth-order valence-corrected chi connectivity index (χ4v) is 2.75. The molecule has 0 spiro atoms. The van der Waals surface area contributed by atoms with E-state index >= 15 is 0 Å². The third kappa shape index (κ3) is 7.37. The van der Waals surface area contributed by atoms with Crippen molar-refractivity contribution >= 4 is 17.9 Å². The Balaban J connectivity index is 2.54. The first-order valence-corrected chi connectivity index (χ1v) is 8.04. The molecule has 1 rings (SSSR count). The average molecular weight is 313 g/mol. The highest BCUT2D eigenvalue weighted by atomic mass is 32.2. The quantitative estimate of drug-likeness (QED) is 0.815. The first kappa shape index (κ1) is 17.8. The Kier molecular flexibility index (Phi) is 6.52. The largest absolute Gasteiger partial charge is 0.444 e. The fraction of sp³-hybridized carbons (Fsp3) is 0.562. The summed E-state index contributed by atoms with van der Waals surface area (Å²) >= 11 is 1.59. The van der Waals surface area contributed by atoms with Crippen LogP contribution in [0.2, 0.25) is 0 Å². The second kappa shape index (κ2) is 7.69. The van der Waals surface area contributed by atoms with Gasteiger partial charge in [-0.25, -0.2) is 9.18 Å². The van der Waals surface area contributed by atoms with Crippen LogP contribution in [0.25, 0.3) is 0 Å². The van der Waals surface area contributed by atoms with Crippen LogP contribution in [0, 0.1) is 11.7 Å². The summed E-state index contributed by atoms with van der Waals surface area (Å²) < 4.78 is 18.1. The molecule has 0 radical (unpaired) electrons. The summed E-state index contributed by atoms with van der Waals surface area (Å²) in [7, 11) is 0. The van der Waals surface area contributed by atoms with Crippen LogP contribution in [0.4, 0.5) is 9.18 Å². The molecule has 5 heteroatoms. The second-order valence-corrected chi connectivity index (χ2v) is 7.36. The molecule has 0 aliphatic carbocycles. The summed E-state index contributed by atoms with van der Waals surface area (Å²) in [6.45, 7) is 9.61. The first-order chi connectivity index (χ1) is 9.67. The lowest BCUT2D eigenvalue weighted by atomic mass is 10.1. The van der Waals surface area contributed by atoms with Crippen molar-refractivity contribution in [3.05, 3.63) is 30.1 Å². The molecule has 0 aliphatic heterocycles.